The van der Waals surface area contributed by atoms with Crippen molar-refractivity contribution in [2.45, 2.75) is 6.54 Å². The van der Waals surface area contributed by atoms with Crippen LogP contribution in [0, 0.1) is 0 Å². The maximum Gasteiger partial charge on any atom is 0.238 e. The van der Waals surface area contributed by atoms with E-state index in [-0.39, 0.29) is 12.5 Å². The molecule has 0 radical (unpaired) electrons. The topological polar surface area (TPSA) is 67.6 Å². The summed E-state index contributed by atoms with van der Waals surface area (Å²) >= 11 is 0. The van der Waals surface area contributed by atoms with Crippen LogP contribution < -0.4 is 10.1 Å². The first-order valence-corrected chi connectivity index (χ1v) is 8.26. The highest BCUT2D eigenvalue weighted by atomic mass is 16.5. The molecule has 0 fully saturated rings. The highest BCUT2D eigenvalue weighted by Crippen LogP contribution is 2.20. The Balaban J connectivity index is 1.52. The summed E-state index contributed by atoms with van der Waals surface area (Å²) in [5, 5.41) is 2.85. The maximum absolute atomic E-state index is 12.2. The monoisotopic (exact) mass is 351 g/mol. The third kappa shape index (κ3) is 4.70. The van der Waals surface area contributed by atoms with Gasteiger partial charge < -0.3 is 14.5 Å². The number of anilines is 1. The van der Waals surface area contributed by atoms with Crippen molar-refractivity contribution in [2.75, 3.05) is 26.0 Å². The van der Waals surface area contributed by atoms with E-state index in [0.29, 0.717) is 12.4 Å². The fraction of sp³-hybridized carbons (Fsp3) is 0.200. The van der Waals surface area contributed by atoms with Crippen LogP contribution in [0.4, 0.5) is 5.69 Å². The molecular formula is C20H21N3O3. The van der Waals surface area contributed by atoms with Gasteiger partial charge in [0.05, 0.1) is 26.4 Å². The third-order valence-electron chi connectivity index (χ3n) is 3.80. The van der Waals surface area contributed by atoms with Crippen LogP contribution in [0.1, 0.15) is 5.89 Å². The van der Waals surface area contributed by atoms with Crippen molar-refractivity contribution in [3.63, 3.8) is 0 Å². The molecule has 1 aromatic heterocycles. The number of nitrogens with zero attached hydrogens (tertiary/aromatic N) is 2. The maximum atomic E-state index is 12.2. The Hall–Kier alpha value is -3.12. The van der Waals surface area contributed by atoms with Crippen molar-refractivity contribution in [3.8, 4) is 17.1 Å². The summed E-state index contributed by atoms with van der Waals surface area (Å²) in [5.41, 5.74) is 1.71. The number of likely N-dealkylation sites (N-methyl/N-ethyl adjacent to an activating group) is 1. The molecule has 26 heavy (non-hydrogen) atoms. The lowest BCUT2D eigenvalue weighted by molar-refractivity contribution is -0.117. The summed E-state index contributed by atoms with van der Waals surface area (Å²) in [6, 6.07) is 17.0. The molecule has 0 atom stereocenters. The minimum atomic E-state index is -0.104. The van der Waals surface area contributed by atoms with Gasteiger partial charge in [0.25, 0.3) is 0 Å². The number of nitrogens with one attached hydrogen (secondary N) is 1. The van der Waals surface area contributed by atoms with E-state index in [1.165, 1.54) is 0 Å². The van der Waals surface area contributed by atoms with Crippen LogP contribution in [-0.2, 0) is 11.3 Å². The third-order valence-corrected chi connectivity index (χ3v) is 3.80. The number of hydrogen-bond donors (Lipinski definition) is 1. The number of carbonyl (C=O) groups is 1. The van der Waals surface area contributed by atoms with Gasteiger partial charge in [0, 0.05) is 11.3 Å². The van der Waals surface area contributed by atoms with E-state index >= 15 is 0 Å². The Morgan fingerprint density at radius 3 is 2.58 bits per heavy atom. The van der Waals surface area contributed by atoms with E-state index in [0.717, 1.165) is 22.8 Å². The molecule has 6 heteroatoms. The summed E-state index contributed by atoms with van der Waals surface area (Å²) in [6.45, 7) is 0.679. The smallest absolute Gasteiger partial charge is 0.238 e. The van der Waals surface area contributed by atoms with Gasteiger partial charge in [0.1, 0.15) is 5.75 Å². The summed E-state index contributed by atoms with van der Waals surface area (Å²) < 4.78 is 10.9. The Morgan fingerprint density at radius 2 is 1.88 bits per heavy atom. The van der Waals surface area contributed by atoms with Gasteiger partial charge in [-0.05, 0) is 31.3 Å². The first kappa shape index (κ1) is 17.7. The molecule has 0 saturated heterocycles. The number of benzene rings is 2. The van der Waals surface area contributed by atoms with E-state index in [1.54, 1.807) is 37.6 Å². The SMILES string of the molecule is COc1ccc(NC(=O)CN(C)Cc2ncc(-c3ccccc3)o2)cc1. The van der Waals surface area contributed by atoms with Crippen molar-refractivity contribution >= 4 is 11.6 Å². The molecule has 0 aliphatic heterocycles. The molecule has 2 aromatic carbocycles. The van der Waals surface area contributed by atoms with Crippen LogP contribution in [0.5, 0.6) is 5.75 Å². The van der Waals surface area contributed by atoms with Crippen LogP contribution in [0.3, 0.4) is 0 Å². The van der Waals surface area contributed by atoms with Crippen molar-refractivity contribution in [3.05, 3.63) is 66.7 Å². The fourth-order valence-electron chi connectivity index (χ4n) is 2.53. The van der Waals surface area contributed by atoms with Crippen LogP contribution >= 0.6 is 0 Å². The van der Waals surface area contributed by atoms with Crippen LogP contribution in [0.2, 0.25) is 0 Å². The molecule has 1 heterocycles. The Bertz CT molecular complexity index is 844. The quantitative estimate of drug-likeness (QED) is 0.706. The summed E-state index contributed by atoms with van der Waals surface area (Å²) in [6.07, 6.45) is 1.70. The molecule has 6 nitrogen and oxygen atoms in total. The van der Waals surface area contributed by atoms with E-state index < -0.39 is 0 Å². The minimum absolute atomic E-state index is 0.104. The number of rotatable bonds is 7. The molecule has 1 amide bonds. The summed E-state index contributed by atoms with van der Waals surface area (Å²) in [5.74, 6) is 1.94. The van der Waals surface area contributed by atoms with Gasteiger partial charge >= 0.3 is 0 Å². The minimum Gasteiger partial charge on any atom is -0.497 e. The summed E-state index contributed by atoms with van der Waals surface area (Å²) in [7, 11) is 3.45. The van der Waals surface area contributed by atoms with E-state index in [9.17, 15) is 4.79 Å². The zero-order valence-corrected chi connectivity index (χ0v) is 14.8. The number of methoxy groups -OCH3 is 1. The van der Waals surface area contributed by atoms with E-state index in [4.69, 9.17) is 9.15 Å². The number of carbonyl (C=O) groups excluding carboxylic acids is 1. The van der Waals surface area contributed by atoms with Gasteiger partial charge in [0.2, 0.25) is 11.8 Å². The molecule has 0 bridgehead atoms. The molecule has 0 saturated carbocycles. The number of amides is 1. The molecule has 3 rings (SSSR count). The normalized spacial score (nSPS) is 10.7. The van der Waals surface area contributed by atoms with Gasteiger partial charge in [-0.1, -0.05) is 30.3 Å². The van der Waals surface area contributed by atoms with Gasteiger partial charge in [0.15, 0.2) is 5.76 Å². The Kier molecular flexibility index (Phi) is 5.66. The lowest BCUT2D eigenvalue weighted by atomic mass is 10.2. The molecule has 0 aliphatic rings. The lowest BCUT2D eigenvalue weighted by Crippen LogP contribution is -2.29. The molecule has 134 valence electrons. The molecule has 0 spiro atoms. The Labute approximate surface area is 152 Å². The second-order valence-electron chi connectivity index (χ2n) is 5.93. The van der Waals surface area contributed by atoms with Gasteiger partial charge in [-0.3, -0.25) is 9.69 Å². The number of oxazole rings is 1. The first-order chi connectivity index (χ1) is 12.6. The van der Waals surface area contributed by atoms with Crippen molar-refractivity contribution in [1.29, 1.82) is 0 Å². The highest BCUT2D eigenvalue weighted by molar-refractivity contribution is 5.92. The second kappa shape index (κ2) is 8.31. The molecular weight excluding hydrogens is 330 g/mol. The number of ether oxygens (including phenoxy) is 1. The molecule has 0 aliphatic carbocycles. The van der Waals surface area contributed by atoms with E-state index in [2.05, 4.69) is 10.3 Å². The first-order valence-electron chi connectivity index (χ1n) is 8.26. The van der Waals surface area contributed by atoms with Crippen LogP contribution in [0.25, 0.3) is 11.3 Å². The van der Waals surface area contributed by atoms with Crippen LogP contribution in [0.15, 0.2) is 65.2 Å². The van der Waals surface area contributed by atoms with Crippen molar-refractivity contribution in [1.82, 2.24) is 9.88 Å². The predicted octanol–water partition coefficient (Wildman–Crippen LogP) is 3.42. The largest absolute Gasteiger partial charge is 0.497 e. The zero-order valence-electron chi connectivity index (χ0n) is 14.8. The van der Waals surface area contributed by atoms with Crippen LogP contribution in [-0.4, -0.2) is 36.5 Å². The number of aromatic nitrogens is 1. The average Bonchev–Trinajstić information content (AvgIpc) is 3.11. The fourth-order valence-corrected chi connectivity index (χ4v) is 2.53. The van der Waals surface area contributed by atoms with Gasteiger partial charge in [-0.25, -0.2) is 4.98 Å². The molecule has 3 aromatic rings. The predicted molar refractivity (Wildman–Crippen MR) is 99.9 cm³/mol. The zero-order chi connectivity index (χ0) is 18.4. The second-order valence-corrected chi connectivity index (χ2v) is 5.93. The lowest BCUT2D eigenvalue weighted by Gasteiger charge is -2.14. The molecule has 0 unspecified atom stereocenters. The summed E-state index contributed by atoms with van der Waals surface area (Å²) in [4.78, 5) is 18.3. The van der Waals surface area contributed by atoms with Gasteiger partial charge in [-0.2, -0.15) is 0 Å². The number of hydrogen-bond acceptors (Lipinski definition) is 5. The van der Waals surface area contributed by atoms with E-state index in [1.807, 2.05) is 42.3 Å². The van der Waals surface area contributed by atoms with Crippen molar-refractivity contribution < 1.29 is 13.9 Å². The molecule has 1 N–H and O–H groups in total. The standard InChI is InChI=1S/C20H21N3O3/c1-23(13-19(24)22-16-8-10-17(25-2)11-9-16)14-20-21-12-18(26-20)15-6-4-3-5-7-15/h3-12H,13-14H2,1-2H3,(H,22,24). The highest BCUT2D eigenvalue weighted by Gasteiger charge is 2.12. The average molecular weight is 351 g/mol. The Morgan fingerprint density at radius 1 is 1.15 bits per heavy atom. The van der Waals surface area contributed by atoms with Crippen molar-refractivity contribution in [2.24, 2.45) is 0 Å². The van der Waals surface area contributed by atoms with Gasteiger partial charge in [-0.15, -0.1) is 0 Å².